The quantitative estimate of drug-likeness (QED) is 0.758. The molecule has 14 heavy (non-hydrogen) atoms. The molecule has 0 fully saturated rings. The molecule has 0 spiro atoms. The highest BCUT2D eigenvalue weighted by Crippen LogP contribution is 2.30. The summed E-state index contributed by atoms with van der Waals surface area (Å²) in [4.78, 5) is 0. The van der Waals surface area contributed by atoms with Gasteiger partial charge in [-0.05, 0) is 49.4 Å². The van der Waals surface area contributed by atoms with Gasteiger partial charge in [-0.1, -0.05) is 13.0 Å². The van der Waals surface area contributed by atoms with E-state index in [1.54, 1.807) is 0 Å². The van der Waals surface area contributed by atoms with Crippen LogP contribution >= 0.6 is 0 Å². The third-order valence-electron chi connectivity index (χ3n) is 2.94. The van der Waals surface area contributed by atoms with E-state index in [2.05, 4.69) is 6.92 Å². The zero-order valence-corrected chi connectivity index (χ0v) is 9.39. The molecule has 0 aliphatic heterocycles. The Bertz CT molecular complexity index is 345. The molecule has 1 unspecified atom stereocenters. The minimum atomic E-state index is 0.0769. The van der Waals surface area contributed by atoms with Gasteiger partial charge in [-0.2, -0.15) is 0 Å². The first-order valence-electron chi connectivity index (χ1n) is 5.04. The molecule has 3 N–H and O–H groups in total. The van der Waals surface area contributed by atoms with E-state index < -0.39 is 0 Å². The molecular formula is C12H19NO. The lowest BCUT2D eigenvalue weighted by Gasteiger charge is -2.17. The first-order valence-corrected chi connectivity index (χ1v) is 5.04. The van der Waals surface area contributed by atoms with Crippen LogP contribution in [0.3, 0.4) is 0 Å². The van der Waals surface area contributed by atoms with Crippen LogP contribution in [0.25, 0.3) is 0 Å². The van der Waals surface area contributed by atoms with Gasteiger partial charge in [-0.15, -0.1) is 0 Å². The summed E-state index contributed by atoms with van der Waals surface area (Å²) in [5.74, 6) is 0.398. The molecule has 0 aliphatic rings. The third kappa shape index (κ3) is 1.75. The molecule has 1 aromatic carbocycles. The maximum atomic E-state index is 9.73. The van der Waals surface area contributed by atoms with Gasteiger partial charge < -0.3 is 10.8 Å². The largest absolute Gasteiger partial charge is 0.507 e. The molecule has 0 saturated carbocycles. The van der Waals surface area contributed by atoms with Crippen LogP contribution in [0, 0.1) is 20.8 Å². The van der Waals surface area contributed by atoms with E-state index >= 15 is 0 Å². The number of hydrogen-bond acceptors (Lipinski definition) is 2. The first kappa shape index (κ1) is 11.1. The van der Waals surface area contributed by atoms with Gasteiger partial charge >= 0.3 is 0 Å². The van der Waals surface area contributed by atoms with Crippen LogP contribution in [0.5, 0.6) is 5.75 Å². The van der Waals surface area contributed by atoms with Crippen molar-refractivity contribution < 1.29 is 5.11 Å². The fraction of sp³-hybridized carbons (Fsp3) is 0.500. The van der Waals surface area contributed by atoms with Crippen molar-refractivity contribution in [3.05, 3.63) is 28.3 Å². The summed E-state index contributed by atoms with van der Waals surface area (Å²) in [7, 11) is 0. The minimum absolute atomic E-state index is 0.0769. The Balaban J connectivity index is 3.33. The lowest BCUT2D eigenvalue weighted by Crippen LogP contribution is -2.11. The fourth-order valence-corrected chi connectivity index (χ4v) is 1.70. The van der Waals surface area contributed by atoms with Gasteiger partial charge in [-0.25, -0.2) is 0 Å². The second-order valence-corrected chi connectivity index (χ2v) is 3.90. The molecule has 0 heterocycles. The number of nitrogens with two attached hydrogens (primary N) is 1. The van der Waals surface area contributed by atoms with Gasteiger partial charge in [0.05, 0.1) is 0 Å². The summed E-state index contributed by atoms with van der Waals surface area (Å²) < 4.78 is 0. The van der Waals surface area contributed by atoms with E-state index in [0.717, 1.165) is 28.7 Å². The second-order valence-electron chi connectivity index (χ2n) is 3.90. The highest BCUT2D eigenvalue weighted by molar-refractivity contribution is 5.48. The SMILES string of the molecule is CCC(N)c1cc(C)c(O)c(C)c1C. The Morgan fingerprint density at radius 2 is 1.86 bits per heavy atom. The summed E-state index contributed by atoms with van der Waals surface area (Å²) in [6.45, 7) is 7.93. The van der Waals surface area contributed by atoms with E-state index in [1.165, 1.54) is 0 Å². The predicted octanol–water partition coefficient (Wildman–Crippen LogP) is 2.73. The van der Waals surface area contributed by atoms with E-state index in [0.29, 0.717) is 5.75 Å². The first-order chi connectivity index (χ1) is 6.49. The monoisotopic (exact) mass is 193 g/mol. The van der Waals surface area contributed by atoms with Crippen molar-refractivity contribution >= 4 is 0 Å². The zero-order valence-electron chi connectivity index (χ0n) is 9.39. The molecule has 0 radical (unpaired) electrons. The smallest absolute Gasteiger partial charge is 0.121 e. The van der Waals surface area contributed by atoms with Crippen molar-refractivity contribution in [2.75, 3.05) is 0 Å². The van der Waals surface area contributed by atoms with Crippen molar-refractivity contribution in [1.29, 1.82) is 0 Å². The van der Waals surface area contributed by atoms with Crippen molar-refractivity contribution in [3.63, 3.8) is 0 Å². The molecule has 0 amide bonds. The molecule has 1 rings (SSSR count). The Labute approximate surface area is 85.8 Å². The molecule has 1 atom stereocenters. The topological polar surface area (TPSA) is 46.2 Å². The van der Waals surface area contributed by atoms with Crippen LogP contribution in [-0.4, -0.2) is 5.11 Å². The van der Waals surface area contributed by atoms with Crippen LogP contribution in [0.2, 0.25) is 0 Å². The third-order valence-corrected chi connectivity index (χ3v) is 2.94. The summed E-state index contributed by atoms with van der Waals surface area (Å²) in [6.07, 6.45) is 0.921. The summed E-state index contributed by atoms with van der Waals surface area (Å²) in [5.41, 5.74) is 10.1. The van der Waals surface area contributed by atoms with Crippen LogP contribution in [0.15, 0.2) is 6.07 Å². The number of phenols is 1. The number of hydrogen-bond donors (Lipinski definition) is 2. The van der Waals surface area contributed by atoms with Gasteiger partial charge in [-0.3, -0.25) is 0 Å². The lowest BCUT2D eigenvalue weighted by atomic mass is 9.93. The van der Waals surface area contributed by atoms with Crippen LogP contribution < -0.4 is 5.73 Å². The lowest BCUT2D eigenvalue weighted by molar-refractivity contribution is 0.465. The van der Waals surface area contributed by atoms with Gasteiger partial charge in [0.15, 0.2) is 0 Å². The van der Waals surface area contributed by atoms with E-state index in [-0.39, 0.29) is 6.04 Å². The van der Waals surface area contributed by atoms with Crippen molar-refractivity contribution in [2.45, 2.75) is 40.2 Å². The molecule has 0 aliphatic carbocycles. The Morgan fingerprint density at radius 1 is 1.29 bits per heavy atom. The number of aryl methyl sites for hydroxylation is 1. The predicted molar refractivity (Wildman–Crippen MR) is 59.5 cm³/mol. The molecule has 78 valence electrons. The van der Waals surface area contributed by atoms with Crippen molar-refractivity contribution in [3.8, 4) is 5.75 Å². The van der Waals surface area contributed by atoms with Gasteiger partial charge in [0.25, 0.3) is 0 Å². The Morgan fingerprint density at radius 3 is 2.36 bits per heavy atom. The number of benzene rings is 1. The molecule has 2 nitrogen and oxygen atoms in total. The van der Waals surface area contributed by atoms with Crippen molar-refractivity contribution in [2.24, 2.45) is 5.73 Å². The zero-order chi connectivity index (χ0) is 10.9. The number of phenolic OH excluding ortho intramolecular Hbond substituents is 1. The fourth-order valence-electron chi connectivity index (χ4n) is 1.70. The van der Waals surface area contributed by atoms with E-state index in [9.17, 15) is 5.11 Å². The summed E-state index contributed by atoms with van der Waals surface area (Å²) >= 11 is 0. The maximum absolute atomic E-state index is 9.73. The normalized spacial score (nSPS) is 12.9. The second kappa shape index (κ2) is 4.01. The molecule has 0 bridgehead atoms. The van der Waals surface area contributed by atoms with Crippen LogP contribution in [0.4, 0.5) is 0 Å². The number of aromatic hydroxyl groups is 1. The molecule has 0 saturated heterocycles. The average molecular weight is 193 g/mol. The molecule has 1 aromatic rings. The highest BCUT2D eigenvalue weighted by atomic mass is 16.3. The van der Waals surface area contributed by atoms with Gasteiger partial charge in [0.2, 0.25) is 0 Å². The Kier molecular flexibility index (Phi) is 3.17. The molecule has 0 aromatic heterocycles. The molecule has 2 heteroatoms. The van der Waals surface area contributed by atoms with Gasteiger partial charge in [0, 0.05) is 6.04 Å². The highest BCUT2D eigenvalue weighted by Gasteiger charge is 2.12. The minimum Gasteiger partial charge on any atom is -0.507 e. The molecular weight excluding hydrogens is 174 g/mol. The van der Waals surface area contributed by atoms with E-state index in [4.69, 9.17) is 5.73 Å². The summed E-state index contributed by atoms with van der Waals surface area (Å²) in [5, 5.41) is 9.73. The van der Waals surface area contributed by atoms with Crippen LogP contribution in [0.1, 0.15) is 41.6 Å². The Hall–Kier alpha value is -1.02. The maximum Gasteiger partial charge on any atom is 0.121 e. The van der Waals surface area contributed by atoms with Crippen LogP contribution in [-0.2, 0) is 0 Å². The van der Waals surface area contributed by atoms with E-state index in [1.807, 2.05) is 26.8 Å². The summed E-state index contributed by atoms with van der Waals surface area (Å²) in [6, 6.07) is 2.07. The standard InChI is InChI=1S/C12H19NO/c1-5-11(13)10-6-7(2)12(14)9(4)8(10)3/h6,11,14H,5,13H2,1-4H3. The number of rotatable bonds is 2. The van der Waals surface area contributed by atoms with Gasteiger partial charge in [0.1, 0.15) is 5.75 Å². The van der Waals surface area contributed by atoms with Crippen molar-refractivity contribution in [1.82, 2.24) is 0 Å². The average Bonchev–Trinajstić information content (AvgIpc) is 2.19.